The van der Waals surface area contributed by atoms with Crippen LogP contribution in [0.15, 0.2) is 0 Å². The normalized spacial score (nSPS) is 55.2. The predicted octanol–water partition coefficient (Wildman–Crippen LogP) is 4.15. The minimum absolute atomic E-state index is 0.00815. The Hall–Kier alpha value is -0.220. The number of rotatable bonds is 1. The Labute approximate surface area is 159 Å². The molecule has 4 aliphatic rings. The Bertz CT molecular complexity index is 604. The number of fused-ring (bicyclic) bond motifs is 5. The summed E-state index contributed by atoms with van der Waals surface area (Å²) < 4.78 is 0. The SMILES string of the molecule is CC(=O)[C@H]1CC[C@H]2[C@@H]3CCC4C(Br)C(=O)CC[C@]4(C)[C@H]3CC(O)[C@]12C. The van der Waals surface area contributed by atoms with E-state index >= 15 is 0 Å². The quantitative estimate of drug-likeness (QED) is 0.660. The highest BCUT2D eigenvalue weighted by atomic mass is 79.9. The second kappa shape index (κ2) is 5.89. The first-order chi connectivity index (χ1) is 11.7. The highest BCUT2D eigenvalue weighted by molar-refractivity contribution is 9.10. The van der Waals surface area contributed by atoms with Crippen molar-refractivity contribution in [1.82, 2.24) is 0 Å². The van der Waals surface area contributed by atoms with Gasteiger partial charge in [-0.2, -0.15) is 0 Å². The summed E-state index contributed by atoms with van der Waals surface area (Å²) in [6, 6.07) is 0. The molecule has 9 atom stereocenters. The number of aliphatic hydroxyl groups excluding tert-OH is 1. The van der Waals surface area contributed by atoms with Gasteiger partial charge in [0.05, 0.1) is 10.9 Å². The fourth-order valence-corrected chi connectivity index (χ4v) is 8.81. The molecule has 0 spiro atoms. The maximum absolute atomic E-state index is 12.2. The van der Waals surface area contributed by atoms with Gasteiger partial charge in [-0.3, -0.25) is 9.59 Å². The summed E-state index contributed by atoms with van der Waals surface area (Å²) in [7, 11) is 0. The number of ketones is 2. The number of hydrogen-bond acceptors (Lipinski definition) is 3. The van der Waals surface area contributed by atoms with Crippen LogP contribution in [0.5, 0.6) is 0 Å². The zero-order chi connectivity index (χ0) is 18.1. The molecule has 4 fully saturated rings. The van der Waals surface area contributed by atoms with Crippen molar-refractivity contribution < 1.29 is 14.7 Å². The Morgan fingerprint density at radius 3 is 2.48 bits per heavy atom. The zero-order valence-corrected chi connectivity index (χ0v) is 17.2. The summed E-state index contributed by atoms with van der Waals surface area (Å²) in [5.41, 5.74) is -0.101. The molecule has 25 heavy (non-hydrogen) atoms. The summed E-state index contributed by atoms with van der Waals surface area (Å²) in [6.45, 7) is 6.27. The lowest BCUT2D eigenvalue weighted by atomic mass is 9.44. The van der Waals surface area contributed by atoms with Crippen molar-refractivity contribution in [2.24, 2.45) is 40.4 Å². The molecule has 0 saturated heterocycles. The molecular weight excluding hydrogens is 380 g/mol. The number of hydrogen-bond donors (Lipinski definition) is 1. The standard InChI is InChI=1S/C21H31BrO3/c1-11(23)13-6-7-14-12-4-5-15-19(22)17(24)8-9-20(15,2)16(12)10-18(25)21(13,14)3/h12-16,18-19,25H,4-10H2,1-3H3/t12-,13+,14-,15?,16-,18?,19?,20-,21+/m0/s1. The molecule has 0 radical (unpaired) electrons. The average Bonchev–Trinajstić information content (AvgIpc) is 2.92. The number of carbonyl (C=O) groups excluding carboxylic acids is 2. The van der Waals surface area contributed by atoms with Crippen LogP contribution >= 0.6 is 15.9 Å². The highest BCUT2D eigenvalue weighted by Gasteiger charge is 2.64. The first kappa shape index (κ1) is 18.2. The van der Waals surface area contributed by atoms with Gasteiger partial charge in [-0.05, 0) is 74.5 Å². The van der Waals surface area contributed by atoms with Crippen LogP contribution in [0.3, 0.4) is 0 Å². The van der Waals surface area contributed by atoms with Crippen LogP contribution in [-0.4, -0.2) is 27.6 Å². The van der Waals surface area contributed by atoms with Crippen molar-refractivity contribution in [2.45, 2.75) is 76.6 Å². The lowest BCUT2D eigenvalue weighted by Gasteiger charge is -2.62. The largest absolute Gasteiger partial charge is 0.393 e. The molecular formula is C21H31BrO3. The minimum Gasteiger partial charge on any atom is -0.393 e. The van der Waals surface area contributed by atoms with Crippen LogP contribution < -0.4 is 0 Å². The van der Waals surface area contributed by atoms with E-state index in [0.717, 1.165) is 38.5 Å². The fraction of sp³-hybridized carbons (Fsp3) is 0.905. The van der Waals surface area contributed by atoms with Crippen molar-refractivity contribution in [1.29, 1.82) is 0 Å². The van der Waals surface area contributed by atoms with E-state index in [1.54, 1.807) is 6.92 Å². The smallest absolute Gasteiger partial charge is 0.146 e. The van der Waals surface area contributed by atoms with E-state index < -0.39 is 6.10 Å². The van der Waals surface area contributed by atoms with Crippen LogP contribution in [0.1, 0.15) is 65.7 Å². The van der Waals surface area contributed by atoms with Gasteiger partial charge in [0, 0.05) is 17.8 Å². The number of aliphatic hydroxyl groups is 1. The summed E-state index contributed by atoms with van der Waals surface area (Å²) in [5.74, 6) is 2.59. The van der Waals surface area contributed by atoms with Crippen molar-refractivity contribution in [3.8, 4) is 0 Å². The molecule has 4 rings (SSSR count). The first-order valence-corrected chi connectivity index (χ1v) is 11.0. The molecule has 0 heterocycles. The molecule has 3 unspecified atom stereocenters. The third kappa shape index (κ3) is 2.32. The van der Waals surface area contributed by atoms with Gasteiger partial charge in [0.25, 0.3) is 0 Å². The van der Waals surface area contributed by atoms with Crippen LogP contribution in [0.25, 0.3) is 0 Å². The van der Waals surface area contributed by atoms with Crippen molar-refractivity contribution >= 4 is 27.5 Å². The van der Waals surface area contributed by atoms with Crippen LogP contribution in [0.2, 0.25) is 0 Å². The highest BCUT2D eigenvalue weighted by Crippen LogP contribution is 2.67. The van der Waals surface area contributed by atoms with E-state index in [2.05, 4.69) is 29.8 Å². The van der Waals surface area contributed by atoms with Crippen molar-refractivity contribution in [3.05, 3.63) is 0 Å². The molecule has 0 aromatic heterocycles. The summed E-state index contributed by atoms with van der Waals surface area (Å²) >= 11 is 3.70. The molecule has 4 aliphatic carbocycles. The molecule has 3 nitrogen and oxygen atoms in total. The number of carbonyl (C=O) groups is 2. The Morgan fingerprint density at radius 1 is 1.12 bits per heavy atom. The molecule has 0 amide bonds. The van der Waals surface area contributed by atoms with E-state index in [1.165, 1.54) is 0 Å². The van der Waals surface area contributed by atoms with E-state index in [1.807, 2.05) is 0 Å². The fourth-order valence-electron chi connectivity index (χ4n) is 7.72. The van der Waals surface area contributed by atoms with Gasteiger partial charge in [0.2, 0.25) is 0 Å². The average molecular weight is 411 g/mol. The third-order valence-electron chi connectivity index (χ3n) is 9.11. The van der Waals surface area contributed by atoms with Gasteiger partial charge >= 0.3 is 0 Å². The van der Waals surface area contributed by atoms with Crippen molar-refractivity contribution in [3.63, 3.8) is 0 Å². The zero-order valence-electron chi connectivity index (χ0n) is 15.6. The number of halogens is 1. The van der Waals surface area contributed by atoms with E-state index in [0.29, 0.717) is 35.9 Å². The van der Waals surface area contributed by atoms with Crippen LogP contribution in [-0.2, 0) is 9.59 Å². The lowest BCUT2D eigenvalue weighted by Crippen LogP contribution is -2.60. The van der Waals surface area contributed by atoms with Crippen LogP contribution in [0.4, 0.5) is 0 Å². The van der Waals surface area contributed by atoms with Crippen LogP contribution in [0, 0.1) is 40.4 Å². The van der Waals surface area contributed by atoms with Gasteiger partial charge in [-0.25, -0.2) is 0 Å². The lowest BCUT2D eigenvalue weighted by molar-refractivity contribution is -0.169. The monoisotopic (exact) mass is 410 g/mol. The molecule has 140 valence electrons. The van der Waals surface area contributed by atoms with Gasteiger partial charge in [-0.1, -0.05) is 29.8 Å². The molecule has 0 aliphatic heterocycles. The third-order valence-corrected chi connectivity index (χ3v) is 10.3. The molecule has 4 heteroatoms. The van der Waals surface area contributed by atoms with E-state index in [4.69, 9.17) is 0 Å². The molecule has 0 bridgehead atoms. The Balaban J connectivity index is 1.69. The minimum atomic E-state index is -0.392. The first-order valence-electron chi connectivity index (χ1n) is 10.1. The maximum Gasteiger partial charge on any atom is 0.146 e. The maximum atomic E-state index is 12.2. The Kier molecular flexibility index (Phi) is 4.28. The second-order valence-corrected chi connectivity index (χ2v) is 10.8. The van der Waals surface area contributed by atoms with Crippen molar-refractivity contribution in [2.75, 3.05) is 0 Å². The second-order valence-electron chi connectivity index (χ2n) is 9.79. The van der Waals surface area contributed by atoms with Gasteiger partial charge in [0.1, 0.15) is 11.6 Å². The van der Waals surface area contributed by atoms with Gasteiger partial charge in [-0.15, -0.1) is 0 Å². The van der Waals surface area contributed by atoms with Gasteiger partial charge in [0.15, 0.2) is 0 Å². The molecule has 1 N–H and O–H groups in total. The van der Waals surface area contributed by atoms with E-state index in [-0.39, 0.29) is 27.4 Å². The number of alkyl halides is 1. The molecule has 0 aromatic rings. The summed E-state index contributed by atoms with van der Waals surface area (Å²) in [5, 5.41) is 11.2. The molecule has 0 aromatic carbocycles. The van der Waals surface area contributed by atoms with Gasteiger partial charge < -0.3 is 5.11 Å². The summed E-state index contributed by atoms with van der Waals surface area (Å²) in [4.78, 5) is 24.5. The summed E-state index contributed by atoms with van der Waals surface area (Å²) in [6.07, 6.45) is 6.32. The predicted molar refractivity (Wildman–Crippen MR) is 100 cm³/mol. The Morgan fingerprint density at radius 2 is 1.80 bits per heavy atom. The molecule has 4 saturated carbocycles. The number of Topliss-reactive ketones (excluding diaryl/α,β-unsaturated/α-hetero) is 2. The topological polar surface area (TPSA) is 54.4 Å². The van der Waals surface area contributed by atoms with E-state index in [9.17, 15) is 14.7 Å².